The molecule has 0 aromatic heterocycles. The van der Waals surface area contributed by atoms with Crippen molar-refractivity contribution in [1.82, 2.24) is 5.32 Å². The molecule has 21 heavy (non-hydrogen) atoms. The second-order valence-electron chi connectivity index (χ2n) is 5.86. The lowest BCUT2D eigenvalue weighted by atomic mass is 9.88. The number of ether oxygens (including phenoxy) is 1. The fourth-order valence-electron chi connectivity index (χ4n) is 2.82. The van der Waals surface area contributed by atoms with Crippen LogP contribution in [0.15, 0.2) is 18.2 Å². The van der Waals surface area contributed by atoms with E-state index in [2.05, 4.69) is 34.8 Å². The highest BCUT2D eigenvalue weighted by Gasteiger charge is 2.21. The van der Waals surface area contributed by atoms with Gasteiger partial charge >= 0.3 is 0 Å². The van der Waals surface area contributed by atoms with Crippen LogP contribution in [0.2, 0.25) is 0 Å². The van der Waals surface area contributed by atoms with E-state index in [0.29, 0.717) is 25.2 Å². The monoisotopic (exact) mass is 401 g/mol. The van der Waals surface area contributed by atoms with Crippen LogP contribution < -0.4 is 5.32 Å². The molecule has 0 bridgehead atoms. The van der Waals surface area contributed by atoms with E-state index in [-0.39, 0.29) is 5.91 Å². The van der Waals surface area contributed by atoms with Gasteiger partial charge in [0.25, 0.3) is 5.91 Å². The van der Waals surface area contributed by atoms with E-state index in [1.807, 2.05) is 25.1 Å². The van der Waals surface area contributed by atoms with Crippen molar-refractivity contribution in [2.24, 2.45) is 5.92 Å². The van der Waals surface area contributed by atoms with Crippen molar-refractivity contribution in [2.75, 3.05) is 13.2 Å². The highest BCUT2D eigenvalue weighted by molar-refractivity contribution is 14.1. The molecule has 1 amide bonds. The third-order valence-corrected chi connectivity index (χ3v) is 5.62. The van der Waals surface area contributed by atoms with Crippen molar-refractivity contribution in [2.45, 2.75) is 45.6 Å². The summed E-state index contributed by atoms with van der Waals surface area (Å²) in [5, 5.41) is 2.95. The molecule has 2 rings (SSSR count). The van der Waals surface area contributed by atoms with Crippen LogP contribution in [0.5, 0.6) is 0 Å². The number of carbonyl (C=O) groups excluding carboxylic acids is 1. The number of benzene rings is 1. The number of amides is 1. The van der Waals surface area contributed by atoms with Crippen molar-refractivity contribution in [1.29, 1.82) is 0 Å². The van der Waals surface area contributed by atoms with Gasteiger partial charge in [-0.3, -0.25) is 4.79 Å². The van der Waals surface area contributed by atoms with Crippen LogP contribution in [0.4, 0.5) is 0 Å². The average Bonchev–Trinajstić information content (AvgIpc) is 2.48. The van der Waals surface area contributed by atoms with Crippen molar-refractivity contribution in [3.8, 4) is 0 Å². The van der Waals surface area contributed by atoms with Crippen LogP contribution in [0, 0.1) is 16.4 Å². The summed E-state index contributed by atoms with van der Waals surface area (Å²) in [5.41, 5.74) is 1.89. The lowest BCUT2D eigenvalue weighted by molar-refractivity contribution is -0.00294. The number of nitrogens with one attached hydrogen (secondary N) is 1. The number of hydrogen-bond acceptors (Lipinski definition) is 2. The van der Waals surface area contributed by atoms with E-state index in [0.717, 1.165) is 21.1 Å². The van der Waals surface area contributed by atoms with Gasteiger partial charge in [0, 0.05) is 10.1 Å². The molecule has 1 saturated carbocycles. The Bertz CT molecular complexity index is 490. The summed E-state index contributed by atoms with van der Waals surface area (Å²) >= 11 is 2.23. The molecule has 0 heterocycles. The Labute approximate surface area is 141 Å². The van der Waals surface area contributed by atoms with Gasteiger partial charge in [0.1, 0.15) is 0 Å². The fourth-order valence-corrected chi connectivity index (χ4v) is 3.43. The lowest BCUT2D eigenvalue weighted by Crippen LogP contribution is -2.32. The smallest absolute Gasteiger partial charge is 0.252 e. The van der Waals surface area contributed by atoms with Gasteiger partial charge in [0.15, 0.2) is 0 Å². The number of halogens is 1. The van der Waals surface area contributed by atoms with Crippen molar-refractivity contribution >= 4 is 28.5 Å². The van der Waals surface area contributed by atoms with Crippen LogP contribution in [0.3, 0.4) is 0 Å². The third-order valence-electron chi connectivity index (χ3n) is 4.19. The molecule has 3 nitrogen and oxygen atoms in total. The minimum absolute atomic E-state index is 0.0107. The second-order valence-corrected chi connectivity index (χ2v) is 6.94. The first-order valence-electron chi connectivity index (χ1n) is 7.74. The molecule has 116 valence electrons. The summed E-state index contributed by atoms with van der Waals surface area (Å²) in [7, 11) is 0. The average molecular weight is 401 g/mol. The van der Waals surface area contributed by atoms with Crippen LogP contribution in [0.1, 0.15) is 48.5 Å². The van der Waals surface area contributed by atoms with Gasteiger partial charge in [0.2, 0.25) is 0 Å². The van der Waals surface area contributed by atoms with Crippen molar-refractivity contribution in [3.05, 3.63) is 32.9 Å². The first kappa shape index (κ1) is 16.7. The van der Waals surface area contributed by atoms with Crippen LogP contribution >= 0.6 is 22.6 Å². The summed E-state index contributed by atoms with van der Waals surface area (Å²) in [5.74, 6) is 0.635. The summed E-state index contributed by atoms with van der Waals surface area (Å²) in [6.07, 6.45) is 5.38. The third kappa shape index (κ3) is 4.68. The van der Waals surface area contributed by atoms with Gasteiger partial charge in [-0.2, -0.15) is 0 Å². The molecule has 1 aromatic rings. The van der Waals surface area contributed by atoms with Crippen LogP contribution in [-0.2, 0) is 4.74 Å². The quantitative estimate of drug-likeness (QED) is 0.600. The Morgan fingerprint density at radius 2 is 2.14 bits per heavy atom. The molecule has 0 spiro atoms. The molecule has 1 fully saturated rings. The molecule has 0 aliphatic heterocycles. The number of rotatable bonds is 5. The molecule has 1 N–H and O–H groups in total. The summed E-state index contributed by atoms with van der Waals surface area (Å²) < 4.78 is 6.94. The molecule has 4 heteroatoms. The van der Waals surface area contributed by atoms with Crippen molar-refractivity contribution in [3.63, 3.8) is 0 Å². The Kier molecular flexibility index (Phi) is 6.48. The Balaban J connectivity index is 1.75. The molecule has 1 aliphatic carbocycles. The van der Waals surface area contributed by atoms with Crippen LogP contribution in [-0.4, -0.2) is 25.2 Å². The normalized spacial score (nSPS) is 22.0. The highest BCUT2D eigenvalue weighted by atomic mass is 127. The summed E-state index contributed by atoms with van der Waals surface area (Å²) in [6, 6.07) is 5.81. The predicted octanol–water partition coefficient (Wildman–Crippen LogP) is 3.92. The summed E-state index contributed by atoms with van der Waals surface area (Å²) in [4.78, 5) is 12.2. The first-order chi connectivity index (χ1) is 10.1. The van der Waals surface area contributed by atoms with E-state index in [9.17, 15) is 4.79 Å². The standard InChI is InChI=1S/C17H24INO2/c1-12-6-3-4-9-15(12)21-11-10-19-17(20)14-8-5-7-13(2)16(14)18/h5,7-8,12,15H,3-4,6,9-11H2,1-2H3,(H,19,20)/t12-,15-/m1/s1. The topological polar surface area (TPSA) is 38.3 Å². The van der Waals surface area contributed by atoms with E-state index in [1.165, 1.54) is 19.3 Å². The molecule has 0 saturated heterocycles. The maximum absolute atomic E-state index is 12.2. The predicted molar refractivity (Wildman–Crippen MR) is 93.6 cm³/mol. The van der Waals surface area contributed by atoms with E-state index < -0.39 is 0 Å². The maximum atomic E-state index is 12.2. The van der Waals surface area contributed by atoms with Gasteiger partial charge in [0.05, 0.1) is 18.3 Å². The molecule has 1 aliphatic rings. The highest BCUT2D eigenvalue weighted by Crippen LogP contribution is 2.26. The molecule has 1 aromatic carbocycles. The summed E-state index contributed by atoms with van der Waals surface area (Å²) in [6.45, 7) is 5.46. The largest absolute Gasteiger partial charge is 0.376 e. The van der Waals surface area contributed by atoms with Crippen molar-refractivity contribution < 1.29 is 9.53 Å². The minimum Gasteiger partial charge on any atom is -0.376 e. The zero-order valence-electron chi connectivity index (χ0n) is 12.8. The Morgan fingerprint density at radius 3 is 2.90 bits per heavy atom. The van der Waals surface area contributed by atoms with Gasteiger partial charge < -0.3 is 10.1 Å². The van der Waals surface area contributed by atoms with Gasteiger partial charge in [-0.05, 0) is 59.9 Å². The molecular weight excluding hydrogens is 377 g/mol. The fraction of sp³-hybridized carbons (Fsp3) is 0.588. The first-order valence-corrected chi connectivity index (χ1v) is 8.82. The molecular formula is C17H24INO2. The Morgan fingerprint density at radius 1 is 1.38 bits per heavy atom. The zero-order valence-corrected chi connectivity index (χ0v) is 15.0. The number of hydrogen-bond donors (Lipinski definition) is 1. The Hall–Kier alpha value is -0.620. The molecule has 2 atom stereocenters. The van der Waals surface area contributed by atoms with Crippen LogP contribution in [0.25, 0.3) is 0 Å². The second kappa shape index (κ2) is 8.13. The maximum Gasteiger partial charge on any atom is 0.252 e. The lowest BCUT2D eigenvalue weighted by Gasteiger charge is -2.28. The SMILES string of the molecule is Cc1cccc(C(=O)NCCO[C@@H]2CCCC[C@H]2C)c1I. The zero-order chi connectivity index (χ0) is 15.2. The van der Waals surface area contributed by atoms with Gasteiger partial charge in [-0.25, -0.2) is 0 Å². The number of aryl methyl sites for hydroxylation is 1. The van der Waals surface area contributed by atoms with E-state index in [4.69, 9.17) is 4.74 Å². The molecule has 0 unspecified atom stereocenters. The van der Waals surface area contributed by atoms with E-state index >= 15 is 0 Å². The van der Waals surface area contributed by atoms with E-state index in [1.54, 1.807) is 0 Å². The molecule has 0 radical (unpaired) electrons. The van der Waals surface area contributed by atoms with Gasteiger partial charge in [-0.15, -0.1) is 0 Å². The number of carbonyl (C=O) groups is 1. The van der Waals surface area contributed by atoms with Gasteiger partial charge in [-0.1, -0.05) is 31.9 Å². The minimum atomic E-state index is -0.0107.